The van der Waals surface area contributed by atoms with E-state index in [1.807, 2.05) is 0 Å². The van der Waals surface area contributed by atoms with E-state index in [-0.39, 0.29) is 23.3 Å². The lowest BCUT2D eigenvalue weighted by atomic mass is 9.88. The number of esters is 1. The number of ether oxygens (including phenoxy) is 1. The predicted octanol–water partition coefficient (Wildman–Crippen LogP) is 0.856. The number of hydrogen-bond donors (Lipinski definition) is 3. The zero-order chi connectivity index (χ0) is 14.0. The van der Waals surface area contributed by atoms with Gasteiger partial charge in [-0.1, -0.05) is 6.07 Å². The van der Waals surface area contributed by atoms with Gasteiger partial charge in [-0.3, -0.25) is 4.79 Å². The minimum absolute atomic E-state index is 0.0630. The van der Waals surface area contributed by atoms with E-state index in [1.54, 1.807) is 19.1 Å². The van der Waals surface area contributed by atoms with Gasteiger partial charge in [-0.2, -0.15) is 0 Å². The minimum atomic E-state index is -0.539. The highest BCUT2D eigenvalue weighted by molar-refractivity contribution is 5.75. The normalized spacial score (nSPS) is 22.4. The Morgan fingerprint density at radius 1 is 1.47 bits per heavy atom. The molecule has 1 aromatic carbocycles. The van der Waals surface area contributed by atoms with Crippen LogP contribution in [0.15, 0.2) is 12.1 Å². The Labute approximate surface area is 111 Å². The summed E-state index contributed by atoms with van der Waals surface area (Å²) in [5.41, 5.74) is 11.7. The van der Waals surface area contributed by atoms with Gasteiger partial charge in [-0.05, 0) is 18.6 Å². The Kier molecular flexibility index (Phi) is 3.90. The minimum Gasteiger partial charge on any atom is -0.466 e. The Hall–Kier alpha value is -1.82. The van der Waals surface area contributed by atoms with Crippen LogP contribution in [0.4, 0.5) is 15.8 Å². The second kappa shape index (κ2) is 5.44. The third kappa shape index (κ3) is 2.49. The summed E-state index contributed by atoms with van der Waals surface area (Å²) in [6.45, 7) is 3.06. The van der Waals surface area contributed by atoms with Gasteiger partial charge in [0.2, 0.25) is 0 Å². The molecule has 0 spiro atoms. The monoisotopic (exact) mass is 267 g/mol. The molecule has 0 aliphatic carbocycles. The van der Waals surface area contributed by atoms with Crippen molar-refractivity contribution < 1.29 is 13.9 Å². The highest BCUT2D eigenvalue weighted by atomic mass is 19.1. The van der Waals surface area contributed by atoms with Crippen LogP contribution in [0.3, 0.4) is 0 Å². The highest BCUT2D eigenvalue weighted by Gasteiger charge is 2.36. The fraction of sp³-hybridized carbons (Fsp3) is 0.462. The van der Waals surface area contributed by atoms with E-state index in [0.717, 1.165) is 0 Å². The molecule has 0 aromatic heterocycles. The van der Waals surface area contributed by atoms with Gasteiger partial charge < -0.3 is 21.5 Å². The molecule has 2 unspecified atom stereocenters. The van der Waals surface area contributed by atoms with Gasteiger partial charge in [0.25, 0.3) is 0 Å². The van der Waals surface area contributed by atoms with Crippen molar-refractivity contribution in [1.29, 1.82) is 0 Å². The molecule has 1 aromatic rings. The summed E-state index contributed by atoms with van der Waals surface area (Å²) in [4.78, 5) is 11.9. The first kappa shape index (κ1) is 13.6. The van der Waals surface area contributed by atoms with Crippen LogP contribution in [0.1, 0.15) is 18.4 Å². The van der Waals surface area contributed by atoms with Crippen LogP contribution >= 0.6 is 0 Å². The summed E-state index contributed by atoms with van der Waals surface area (Å²) in [6.07, 6.45) is 0. The summed E-state index contributed by atoms with van der Waals surface area (Å²) in [5, 5.41) is 3.08. The number of hydrogen-bond acceptors (Lipinski definition) is 5. The van der Waals surface area contributed by atoms with Crippen LogP contribution in [0.5, 0.6) is 0 Å². The van der Waals surface area contributed by atoms with Crippen LogP contribution in [0, 0.1) is 11.7 Å². The van der Waals surface area contributed by atoms with Gasteiger partial charge in [0.1, 0.15) is 0 Å². The smallest absolute Gasteiger partial charge is 0.310 e. The molecule has 0 saturated carbocycles. The van der Waals surface area contributed by atoms with Crippen LogP contribution in [-0.2, 0) is 9.53 Å². The standard InChI is InChI=1S/C13H18FN3O2/c1-2-19-13(18)9-6-17-5-8(9)7-3-4-10(15)12(16)11(7)14/h3-4,8-9,17H,2,5-6,15-16H2,1H3. The molecule has 1 aliphatic heterocycles. The van der Waals surface area contributed by atoms with Gasteiger partial charge in [0.15, 0.2) is 5.82 Å². The highest BCUT2D eigenvalue weighted by Crippen LogP contribution is 2.34. The third-order valence-corrected chi connectivity index (χ3v) is 3.45. The molecule has 0 amide bonds. The molecule has 5 N–H and O–H groups in total. The molecule has 5 nitrogen and oxygen atoms in total. The average Bonchev–Trinajstić information content (AvgIpc) is 2.85. The first-order valence-electron chi connectivity index (χ1n) is 6.27. The fourth-order valence-electron chi connectivity index (χ4n) is 2.41. The maximum absolute atomic E-state index is 14.2. The average molecular weight is 267 g/mol. The molecule has 104 valence electrons. The molecule has 1 aliphatic rings. The summed E-state index contributed by atoms with van der Waals surface area (Å²) >= 11 is 0. The zero-order valence-electron chi connectivity index (χ0n) is 10.8. The van der Waals surface area contributed by atoms with Crippen molar-refractivity contribution in [2.45, 2.75) is 12.8 Å². The topological polar surface area (TPSA) is 90.4 Å². The Balaban J connectivity index is 2.30. The zero-order valence-corrected chi connectivity index (χ0v) is 10.8. The second-order valence-electron chi connectivity index (χ2n) is 4.59. The maximum atomic E-state index is 14.2. The van der Waals surface area contributed by atoms with Crippen LogP contribution < -0.4 is 16.8 Å². The van der Waals surface area contributed by atoms with Crippen molar-refractivity contribution in [3.8, 4) is 0 Å². The Morgan fingerprint density at radius 2 is 2.21 bits per heavy atom. The molecule has 1 heterocycles. The van der Waals surface area contributed by atoms with Crippen molar-refractivity contribution in [3.63, 3.8) is 0 Å². The van der Waals surface area contributed by atoms with Gasteiger partial charge in [0, 0.05) is 19.0 Å². The number of benzene rings is 1. The number of carbonyl (C=O) groups excluding carboxylic acids is 1. The molecular weight excluding hydrogens is 249 g/mol. The molecule has 2 atom stereocenters. The van der Waals surface area contributed by atoms with Gasteiger partial charge in [-0.25, -0.2) is 4.39 Å². The summed E-state index contributed by atoms with van der Waals surface area (Å²) in [7, 11) is 0. The van der Waals surface area contributed by atoms with Crippen molar-refractivity contribution in [3.05, 3.63) is 23.5 Å². The van der Waals surface area contributed by atoms with Gasteiger partial charge >= 0.3 is 5.97 Å². The Morgan fingerprint density at radius 3 is 2.89 bits per heavy atom. The quantitative estimate of drug-likeness (QED) is 0.558. The number of carbonyl (C=O) groups is 1. The van der Waals surface area contributed by atoms with Gasteiger partial charge in [0.05, 0.1) is 23.9 Å². The molecule has 6 heteroatoms. The SMILES string of the molecule is CCOC(=O)C1CNCC1c1ccc(N)c(N)c1F. The largest absolute Gasteiger partial charge is 0.466 e. The van der Waals surface area contributed by atoms with Crippen LogP contribution in [-0.4, -0.2) is 25.7 Å². The van der Waals surface area contributed by atoms with Crippen LogP contribution in [0.25, 0.3) is 0 Å². The van der Waals surface area contributed by atoms with Crippen molar-refractivity contribution in [2.24, 2.45) is 5.92 Å². The molecular formula is C13H18FN3O2. The summed E-state index contributed by atoms with van der Waals surface area (Å²) in [6, 6.07) is 3.15. The van der Waals surface area contributed by atoms with E-state index < -0.39 is 11.7 Å². The molecule has 1 fully saturated rings. The lowest BCUT2D eigenvalue weighted by Gasteiger charge is -2.19. The number of anilines is 2. The summed E-state index contributed by atoms with van der Waals surface area (Å²) in [5.74, 6) is -1.52. The number of rotatable bonds is 3. The number of nitrogen functional groups attached to an aromatic ring is 2. The van der Waals surface area contributed by atoms with Gasteiger partial charge in [-0.15, -0.1) is 0 Å². The fourth-order valence-corrected chi connectivity index (χ4v) is 2.41. The number of halogens is 1. The van der Waals surface area contributed by atoms with Crippen LogP contribution in [0.2, 0.25) is 0 Å². The third-order valence-electron chi connectivity index (χ3n) is 3.45. The van der Waals surface area contributed by atoms with E-state index in [9.17, 15) is 9.18 Å². The number of nitrogens with one attached hydrogen (secondary N) is 1. The lowest BCUT2D eigenvalue weighted by molar-refractivity contribution is -0.147. The first-order chi connectivity index (χ1) is 9.06. The Bertz CT molecular complexity index is 493. The van der Waals surface area contributed by atoms with E-state index in [4.69, 9.17) is 16.2 Å². The molecule has 1 saturated heterocycles. The van der Waals surface area contributed by atoms with Crippen molar-refractivity contribution >= 4 is 17.3 Å². The lowest BCUT2D eigenvalue weighted by Crippen LogP contribution is -2.24. The molecule has 2 rings (SSSR count). The molecule has 0 radical (unpaired) electrons. The summed E-state index contributed by atoms with van der Waals surface area (Å²) < 4.78 is 19.2. The van der Waals surface area contributed by atoms with Crippen molar-refractivity contribution in [1.82, 2.24) is 5.32 Å². The van der Waals surface area contributed by atoms with E-state index >= 15 is 0 Å². The number of nitrogens with two attached hydrogens (primary N) is 2. The molecule has 0 bridgehead atoms. The first-order valence-corrected chi connectivity index (χ1v) is 6.27. The molecule has 19 heavy (non-hydrogen) atoms. The van der Waals surface area contributed by atoms with E-state index in [0.29, 0.717) is 25.3 Å². The maximum Gasteiger partial charge on any atom is 0.310 e. The van der Waals surface area contributed by atoms with E-state index in [2.05, 4.69) is 5.32 Å². The van der Waals surface area contributed by atoms with E-state index in [1.165, 1.54) is 0 Å². The predicted molar refractivity (Wildman–Crippen MR) is 71.0 cm³/mol. The van der Waals surface area contributed by atoms with Crippen molar-refractivity contribution in [2.75, 3.05) is 31.2 Å². The second-order valence-corrected chi connectivity index (χ2v) is 4.59.